The van der Waals surface area contributed by atoms with Crippen molar-refractivity contribution in [3.05, 3.63) is 24.0 Å². The highest BCUT2D eigenvalue weighted by molar-refractivity contribution is 5.92. The Morgan fingerprint density at radius 3 is 2.45 bits per heavy atom. The number of pyridine rings is 1. The zero-order valence-corrected chi connectivity index (χ0v) is 13.5. The van der Waals surface area contributed by atoms with Crippen molar-refractivity contribution in [3.63, 3.8) is 0 Å². The third-order valence-electron chi connectivity index (χ3n) is 4.06. The van der Waals surface area contributed by atoms with Gasteiger partial charge in [-0.15, -0.1) is 0 Å². The largest absolute Gasteiger partial charge is 0.367 e. The first-order valence-electron chi connectivity index (χ1n) is 7.78. The van der Waals surface area contributed by atoms with Crippen LogP contribution in [0.3, 0.4) is 0 Å². The fraction of sp³-hybridized carbons (Fsp3) is 0.562. The Balaban J connectivity index is 1.95. The van der Waals surface area contributed by atoms with Gasteiger partial charge in [-0.25, -0.2) is 4.98 Å². The van der Waals surface area contributed by atoms with Crippen LogP contribution in [0.1, 0.15) is 37.7 Å². The van der Waals surface area contributed by atoms with E-state index in [-0.39, 0.29) is 17.9 Å². The minimum absolute atomic E-state index is 0.120. The van der Waals surface area contributed by atoms with E-state index in [2.05, 4.69) is 15.2 Å². The van der Waals surface area contributed by atoms with E-state index in [1.165, 1.54) is 0 Å². The van der Waals surface area contributed by atoms with Gasteiger partial charge in [0.2, 0.25) is 5.91 Å². The van der Waals surface area contributed by atoms with E-state index in [0.717, 1.165) is 38.3 Å². The fourth-order valence-corrected chi connectivity index (χ4v) is 2.39. The predicted octanol–water partition coefficient (Wildman–Crippen LogP) is 1.28. The molecule has 1 fully saturated rings. The van der Waals surface area contributed by atoms with E-state index in [1.54, 1.807) is 19.2 Å². The molecule has 0 radical (unpaired) electrons. The first-order valence-corrected chi connectivity index (χ1v) is 7.78. The monoisotopic (exact) mass is 304 g/mol. The topological polar surface area (TPSA) is 65.5 Å². The van der Waals surface area contributed by atoms with Crippen LogP contribution in [0.5, 0.6) is 0 Å². The SMILES string of the molecule is CCC(C)NC(=O)c1ccc(N2CCN(C(C)=O)CC2)cn1. The molecule has 2 heterocycles. The highest BCUT2D eigenvalue weighted by Crippen LogP contribution is 2.15. The molecule has 1 aromatic heterocycles. The number of aromatic nitrogens is 1. The highest BCUT2D eigenvalue weighted by Gasteiger charge is 2.19. The summed E-state index contributed by atoms with van der Waals surface area (Å²) in [5.41, 5.74) is 1.43. The molecule has 1 N–H and O–H groups in total. The Hall–Kier alpha value is -2.11. The number of hydrogen-bond acceptors (Lipinski definition) is 4. The number of piperazine rings is 1. The van der Waals surface area contributed by atoms with Crippen LogP contribution in [-0.2, 0) is 4.79 Å². The predicted molar refractivity (Wildman–Crippen MR) is 85.9 cm³/mol. The zero-order valence-electron chi connectivity index (χ0n) is 13.5. The number of amides is 2. The first kappa shape index (κ1) is 16.3. The smallest absolute Gasteiger partial charge is 0.270 e. The standard InChI is InChI=1S/C16H24N4O2/c1-4-12(2)18-16(22)15-6-5-14(11-17-15)20-9-7-19(8-10-20)13(3)21/h5-6,11-12H,4,7-10H2,1-3H3,(H,18,22). The molecule has 1 aliphatic heterocycles. The lowest BCUT2D eigenvalue weighted by Gasteiger charge is -2.35. The maximum Gasteiger partial charge on any atom is 0.270 e. The molecule has 2 amide bonds. The molecule has 0 spiro atoms. The molecule has 2 rings (SSSR count). The van der Waals surface area contributed by atoms with Gasteiger partial charge in [-0.2, -0.15) is 0 Å². The minimum atomic E-state index is -0.137. The average molecular weight is 304 g/mol. The molecule has 1 saturated heterocycles. The maximum atomic E-state index is 12.0. The minimum Gasteiger partial charge on any atom is -0.367 e. The molecule has 1 aliphatic rings. The van der Waals surface area contributed by atoms with Crippen LogP contribution < -0.4 is 10.2 Å². The van der Waals surface area contributed by atoms with Crippen LogP contribution in [0, 0.1) is 0 Å². The molecule has 0 saturated carbocycles. The number of anilines is 1. The van der Waals surface area contributed by atoms with Gasteiger partial charge in [0.1, 0.15) is 5.69 Å². The van der Waals surface area contributed by atoms with Crippen LogP contribution >= 0.6 is 0 Å². The second kappa shape index (κ2) is 7.24. The van der Waals surface area contributed by atoms with Gasteiger partial charge in [0.05, 0.1) is 11.9 Å². The number of carbonyl (C=O) groups is 2. The molecule has 120 valence electrons. The second-order valence-electron chi connectivity index (χ2n) is 5.68. The van der Waals surface area contributed by atoms with Crippen molar-refractivity contribution in [2.45, 2.75) is 33.2 Å². The molecule has 1 aromatic rings. The van der Waals surface area contributed by atoms with Crippen LogP contribution in [0.2, 0.25) is 0 Å². The molecule has 0 bridgehead atoms. The third kappa shape index (κ3) is 3.96. The van der Waals surface area contributed by atoms with Gasteiger partial charge in [0.15, 0.2) is 0 Å². The van der Waals surface area contributed by atoms with E-state index < -0.39 is 0 Å². The summed E-state index contributed by atoms with van der Waals surface area (Å²) in [6, 6.07) is 3.82. The lowest BCUT2D eigenvalue weighted by atomic mass is 10.2. The summed E-state index contributed by atoms with van der Waals surface area (Å²) in [4.78, 5) is 31.6. The quantitative estimate of drug-likeness (QED) is 0.910. The lowest BCUT2D eigenvalue weighted by molar-refractivity contribution is -0.129. The van der Waals surface area contributed by atoms with E-state index in [4.69, 9.17) is 0 Å². The van der Waals surface area contributed by atoms with Crippen molar-refractivity contribution in [1.29, 1.82) is 0 Å². The van der Waals surface area contributed by atoms with Crippen LogP contribution in [0.25, 0.3) is 0 Å². The second-order valence-corrected chi connectivity index (χ2v) is 5.68. The highest BCUT2D eigenvalue weighted by atomic mass is 16.2. The third-order valence-corrected chi connectivity index (χ3v) is 4.06. The first-order chi connectivity index (χ1) is 10.5. The summed E-state index contributed by atoms with van der Waals surface area (Å²) < 4.78 is 0. The van der Waals surface area contributed by atoms with Crippen LogP contribution in [0.15, 0.2) is 18.3 Å². The zero-order chi connectivity index (χ0) is 16.1. The number of rotatable bonds is 4. The molecule has 1 unspecified atom stereocenters. The number of carbonyl (C=O) groups excluding carboxylic acids is 2. The van der Waals surface area contributed by atoms with Gasteiger partial charge < -0.3 is 15.1 Å². The fourth-order valence-electron chi connectivity index (χ4n) is 2.39. The Kier molecular flexibility index (Phi) is 5.35. The summed E-state index contributed by atoms with van der Waals surface area (Å²) in [5, 5.41) is 2.90. The number of nitrogens with one attached hydrogen (secondary N) is 1. The van der Waals surface area contributed by atoms with Gasteiger partial charge in [0.25, 0.3) is 5.91 Å². The van der Waals surface area contributed by atoms with Crippen molar-refractivity contribution in [3.8, 4) is 0 Å². The summed E-state index contributed by atoms with van der Waals surface area (Å²) >= 11 is 0. The number of nitrogens with zero attached hydrogens (tertiary/aromatic N) is 3. The Labute approximate surface area is 131 Å². The number of hydrogen-bond donors (Lipinski definition) is 1. The van der Waals surface area contributed by atoms with Gasteiger partial charge in [-0.3, -0.25) is 9.59 Å². The van der Waals surface area contributed by atoms with Crippen molar-refractivity contribution in [2.75, 3.05) is 31.1 Å². The van der Waals surface area contributed by atoms with Gasteiger partial charge in [0, 0.05) is 39.1 Å². The van der Waals surface area contributed by atoms with Crippen molar-refractivity contribution >= 4 is 17.5 Å². The van der Waals surface area contributed by atoms with E-state index in [1.807, 2.05) is 24.8 Å². The van der Waals surface area contributed by atoms with Gasteiger partial charge in [-0.1, -0.05) is 6.92 Å². The van der Waals surface area contributed by atoms with E-state index >= 15 is 0 Å². The average Bonchev–Trinajstić information content (AvgIpc) is 2.55. The summed E-state index contributed by atoms with van der Waals surface area (Å²) in [6.45, 7) is 8.64. The molecule has 22 heavy (non-hydrogen) atoms. The molecule has 1 atom stereocenters. The van der Waals surface area contributed by atoms with Crippen molar-refractivity contribution < 1.29 is 9.59 Å². The van der Waals surface area contributed by atoms with Gasteiger partial charge >= 0.3 is 0 Å². The van der Waals surface area contributed by atoms with Gasteiger partial charge in [-0.05, 0) is 25.5 Å². The molecule has 6 heteroatoms. The lowest BCUT2D eigenvalue weighted by Crippen LogP contribution is -2.48. The van der Waals surface area contributed by atoms with Crippen LogP contribution in [0.4, 0.5) is 5.69 Å². The van der Waals surface area contributed by atoms with Crippen LogP contribution in [-0.4, -0.2) is 53.9 Å². The molecule has 0 aliphatic carbocycles. The van der Waals surface area contributed by atoms with Crippen molar-refractivity contribution in [1.82, 2.24) is 15.2 Å². The Bertz CT molecular complexity index is 521. The van der Waals surface area contributed by atoms with Crippen molar-refractivity contribution in [2.24, 2.45) is 0 Å². The normalized spacial score (nSPS) is 16.3. The molecule has 0 aromatic carbocycles. The summed E-state index contributed by atoms with van der Waals surface area (Å²) in [6.07, 6.45) is 2.62. The molecular weight excluding hydrogens is 280 g/mol. The van der Waals surface area contributed by atoms with E-state index in [9.17, 15) is 9.59 Å². The van der Waals surface area contributed by atoms with E-state index in [0.29, 0.717) is 5.69 Å². The summed E-state index contributed by atoms with van der Waals surface area (Å²) in [5.74, 6) is -0.0165. The maximum absolute atomic E-state index is 12.0. The Morgan fingerprint density at radius 2 is 1.95 bits per heavy atom. The molecule has 6 nitrogen and oxygen atoms in total. The summed E-state index contributed by atoms with van der Waals surface area (Å²) in [7, 11) is 0. The molecular formula is C16H24N4O2. The Morgan fingerprint density at radius 1 is 1.27 bits per heavy atom.